The van der Waals surface area contributed by atoms with Gasteiger partial charge < -0.3 is 16.0 Å². The molecular formula is C17H15F2N5O2. The number of nitrogens with one attached hydrogen (secondary N) is 2. The monoisotopic (exact) mass is 359 g/mol. The van der Waals surface area contributed by atoms with Crippen LogP contribution in [-0.2, 0) is 0 Å². The third-order valence-electron chi connectivity index (χ3n) is 3.84. The van der Waals surface area contributed by atoms with Crippen molar-refractivity contribution in [1.29, 1.82) is 0 Å². The summed E-state index contributed by atoms with van der Waals surface area (Å²) in [7, 11) is 0. The molecule has 0 fully saturated rings. The Morgan fingerprint density at radius 2 is 2.00 bits per heavy atom. The number of anilines is 1. The molecule has 0 saturated carbocycles. The molecule has 2 aromatic heterocycles. The molecule has 26 heavy (non-hydrogen) atoms. The summed E-state index contributed by atoms with van der Waals surface area (Å²) in [5.41, 5.74) is 3.99. The minimum Gasteiger partial charge on any atom is -0.369 e. The second-order valence-electron chi connectivity index (χ2n) is 5.55. The summed E-state index contributed by atoms with van der Waals surface area (Å²) in [6.07, 6.45) is 3.41. The molecule has 9 heteroatoms. The van der Waals surface area contributed by atoms with Crippen molar-refractivity contribution in [2.45, 2.75) is 13.3 Å². The number of H-pyrrole nitrogens is 1. The van der Waals surface area contributed by atoms with Gasteiger partial charge in [-0.05, 0) is 18.6 Å². The van der Waals surface area contributed by atoms with Gasteiger partial charge in [0.1, 0.15) is 29.4 Å². The second-order valence-corrected chi connectivity index (χ2v) is 5.55. The molecule has 0 spiro atoms. The number of amides is 1. The zero-order chi connectivity index (χ0) is 18.8. The Hall–Kier alpha value is -3.36. The molecule has 7 nitrogen and oxygen atoms in total. The largest absolute Gasteiger partial charge is 0.369 e. The molecular weight excluding hydrogens is 344 g/mol. The third kappa shape index (κ3) is 2.87. The smallest absolute Gasteiger partial charge is 0.251 e. The number of carbonyl (C=O) groups is 2. The van der Waals surface area contributed by atoms with Crippen LogP contribution < -0.4 is 11.1 Å². The van der Waals surface area contributed by atoms with Crippen LogP contribution in [0.1, 0.15) is 39.6 Å². The van der Waals surface area contributed by atoms with E-state index in [1.165, 1.54) is 12.5 Å². The minimum atomic E-state index is -1.29. The summed E-state index contributed by atoms with van der Waals surface area (Å²) in [5, 5.41) is 3.36. The lowest BCUT2D eigenvalue weighted by Gasteiger charge is -2.09. The number of aromatic nitrogens is 3. The number of carbonyl (C=O) groups excluding carboxylic acids is 2. The third-order valence-corrected chi connectivity index (χ3v) is 3.84. The molecule has 0 aliphatic carbocycles. The minimum absolute atomic E-state index is 0.0152. The Balaban J connectivity index is 2.18. The van der Waals surface area contributed by atoms with Crippen LogP contribution in [0.3, 0.4) is 0 Å². The normalized spacial score (nSPS) is 10.9. The molecule has 4 N–H and O–H groups in total. The number of primary amides is 1. The maximum Gasteiger partial charge on any atom is 0.251 e. The van der Waals surface area contributed by atoms with Crippen molar-refractivity contribution in [1.82, 2.24) is 15.0 Å². The first-order valence-corrected chi connectivity index (χ1v) is 7.84. The van der Waals surface area contributed by atoms with Crippen molar-refractivity contribution in [3.63, 3.8) is 0 Å². The SMILES string of the molecule is CCCNc1ncnc2[nH]cc(C(=O)c3c(F)ccc(C(N)=O)c3F)c12. The number of rotatable bonds is 6. The molecule has 2 heterocycles. The van der Waals surface area contributed by atoms with Crippen LogP contribution in [-0.4, -0.2) is 33.2 Å². The molecule has 0 radical (unpaired) electrons. The number of benzene rings is 1. The van der Waals surface area contributed by atoms with Crippen LogP contribution in [0.15, 0.2) is 24.7 Å². The van der Waals surface area contributed by atoms with E-state index in [4.69, 9.17) is 5.73 Å². The van der Waals surface area contributed by atoms with Crippen LogP contribution in [0.5, 0.6) is 0 Å². The number of halogens is 2. The van der Waals surface area contributed by atoms with Crippen LogP contribution >= 0.6 is 0 Å². The lowest BCUT2D eigenvalue weighted by Crippen LogP contribution is -2.17. The van der Waals surface area contributed by atoms with Gasteiger partial charge in [-0.25, -0.2) is 18.7 Å². The van der Waals surface area contributed by atoms with Crippen LogP contribution in [0.25, 0.3) is 11.0 Å². The maximum atomic E-state index is 14.5. The summed E-state index contributed by atoms with van der Waals surface area (Å²) in [5.74, 6) is -4.05. The molecule has 0 aliphatic rings. The predicted molar refractivity (Wildman–Crippen MR) is 91.0 cm³/mol. The topological polar surface area (TPSA) is 114 Å². The molecule has 0 saturated heterocycles. The number of hydrogen-bond acceptors (Lipinski definition) is 5. The van der Waals surface area contributed by atoms with E-state index in [0.29, 0.717) is 23.4 Å². The van der Waals surface area contributed by atoms with Gasteiger partial charge in [0.05, 0.1) is 22.1 Å². The Labute approximate surface area is 146 Å². The number of ketones is 1. The summed E-state index contributed by atoms with van der Waals surface area (Å²) in [6, 6.07) is 1.73. The number of fused-ring (bicyclic) bond motifs is 1. The fourth-order valence-corrected chi connectivity index (χ4v) is 2.60. The number of nitrogens with zero attached hydrogens (tertiary/aromatic N) is 2. The maximum absolute atomic E-state index is 14.5. The summed E-state index contributed by atoms with van der Waals surface area (Å²) in [4.78, 5) is 35.0. The Morgan fingerprint density at radius 1 is 1.23 bits per heavy atom. The van der Waals surface area contributed by atoms with Crippen LogP contribution in [0.4, 0.5) is 14.6 Å². The van der Waals surface area contributed by atoms with Crippen molar-refractivity contribution in [2.24, 2.45) is 5.73 Å². The highest BCUT2D eigenvalue weighted by Gasteiger charge is 2.26. The first-order chi connectivity index (χ1) is 12.5. The van der Waals surface area contributed by atoms with Gasteiger partial charge in [-0.3, -0.25) is 9.59 Å². The average Bonchev–Trinajstić information content (AvgIpc) is 3.04. The summed E-state index contributed by atoms with van der Waals surface area (Å²) >= 11 is 0. The van der Waals surface area contributed by atoms with Gasteiger partial charge in [0.25, 0.3) is 5.91 Å². The van der Waals surface area contributed by atoms with Gasteiger partial charge in [0, 0.05) is 12.7 Å². The molecule has 3 rings (SSSR count). The van der Waals surface area contributed by atoms with E-state index < -0.39 is 34.5 Å². The second kappa shape index (κ2) is 6.87. The lowest BCUT2D eigenvalue weighted by atomic mass is 9.99. The van der Waals surface area contributed by atoms with Gasteiger partial charge >= 0.3 is 0 Å². The summed E-state index contributed by atoms with van der Waals surface area (Å²) < 4.78 is 28.7. The van der Waals surface area contributed by atoms with Gasteiger partial charge in [-0.2, -0.15) is 0 Å². The fourth-order valence-electron chi connectivity index (χ4n) is 2.60. The molecule has 0 aliphatic heterocycles. The Morgan fingerprint density at radius 3 is 2.69 bits per heavy atom. The number of hydrogen-bond donors (Lipinski definition) is 3. The molecule has 0 atom stereocenters. The van der Waals surface area contributed by atoms with E-state index in [9.17, 15) is 18.4 Å². The van der Waals surface area contributed by atoms with E-state index >= 15 is 0 Å². The predicted octanol–water partition coefficient (Wildman–Crippen LogP) is 2.39. The van der Waals surface area contributed by atoms with Crippen molar-refractivity contribution in [3.05, 3.63) is 53.0 Å². The highest BCUT2D eigenvalue weighted by Crippen LogP contribution is 2.28. The van der Waals surface area contributed by atoms with Gasteiger partial charge in [-0.1, -0.05) is 6.92 Å². The van der Waals surface area contributed by atoms with Gasteiger partial charge in [0.2, 0.25) is 5.78 Å². The number of nitrogens with two attached hydrogens (primary N) is 1. The number of aromatic amines is 1. The molecule has 3 aromatic rings. The van der Waals surface area contributed by atoms with Crippen molar-refractivity contribution >= 4 is 28.5 Å². The molecule has 0 bridgehead atoms. The van der Waals surface area contributed by atoms with Crippen molar-refractivity contribution < 1.29 is 18.4 Å². The van der Waals surface area contributed by atoms with Crippen molar-refractivity contribution in [3.8, 4) is 0 Å². The zero-order valence-corrected chi connectivity index (χ0v) is 13.8. The molecule has 1 aromatic carbocycles. The zero-order valence-electron chi connectivity index (χ0n) is 13.8. The highest BCUT2D eigenvalue weighted by atomic mass is 19.1. The quantitative estimate of drug-likeness (QED) is 0.585. The Kier molecular flexibility index (Phi) is 4.61. The van der Waals surface area contributed by atoms with Crippen molar-refractivity contribution in [2.75, 3.05) is 11.9 Å². The van der Waals surface area contributed by atoms with Crippen LogP contribution in [0, 0.1) is 11.6 Å². The van der Waals surface area contributed by atoms with E-state index in [-0.39, 0.29) is 5.56 Å². The highest BCUT2D eigenvalue weighted by molar-refractivity contribution is 6.18. The first kappa shape index (κ1) is 17.5. The van der Waals surface area contributed by atoms with E-state index in [2.05, 4.69) is 20.3 Å². The van der Waals surface area contributed by atoms with Gasteiger partial charge in [0.15, 0.2) is 0 Å². The average molecular weight is 359 g/mol. The molecule has 0 unspecified atom stereocenters. The fraction of sp³-hybridized carbons (Fsp3) is 0.176. The van der Waals surface area contributed by atoms with Gasteiger partial charge in [-0.15, -0.1) is 0 Å². The van der Waals surface area contributed by atoms with E-state index in [1.54, 1.807) is 0 Å². The van der Waals surface area contributed by atoms with E-state index in [0.717, 1.165) is 18.6 Å². The molecule has 134 valence electrons. The standard InChI is InChI=1S/C17H15F2N5O2/c1-2-5-21-16-11-9(6-22-17(11)24-7-23-16)14(25)12-10(18)4-3-8(13(12)19)15(20)26/h3-4,6-7H,2,5H2,1H3,(H2,20,26)(H2,21,22,23,24). The van der Waals surface area contributed by atoms with E-state index in [1.807, 2.05) is 6.92 Å². The van der Waals surface area contributed by atoms with Crippen LogP contribution in [0.2, 0.25) is 0 Å². The Bertz CT molecular complexity index is 1020. The molecule has 1 amide bonds. The lowest BCUT2D eigenvalue weighted by molar-refractivity contribution is 0.0996. The summed E-state index contributed by atoms with van der Waals surface area (Å²) in [6.45, 7) is 2.54. The first-order valence-electron chi connectivity index (χ1n) is 7.84.